The Hall–Kier alpha value is -2.83. The molecule has 0 bridgehead atoms. The molecule has 6 nitrogen and oxygen atoms in total. The van der Waals surface area contributed by atoms with Crippen LogP contribution in [-0.4, -0.2) is 56.3 Å². The van der Waals surface area contributed by atoms with Gasteiger partial charge in [0.15, 0.2) is 0 Å². The fourth-order valence-corrected chi connectivity index (χ4v) is 5.77. The van der Waals surface area contributed by atoms with Crippen LogP contribution in [0.25, 0.3) is 6.08 Å². The zero-order valence-electron chi connectivity index (χ0n) is 19.6. The van der Waals surface area contributed by atoms with E-state index in [2.05, 4.69) is 35.0 Å². The first kappa shape index (κ1) is 23.3. The number of hydrogen-bond acceptors (Lipinski definition) is 5. The predicted molar refractivity (Wildman–Crippen MR) is 129 cm³/mol. The van der Waals surface area contributed by atoms with Crippen molar-refractivity contribution in [1.82, 2.24) is 10.2 Å². The number of benzene rings is 1. The zero-order valence-corrected chi connectivity index (χ0v) is 19.6. The molecule has 1 amide bonds. The molecule has 6 heteroatoms. The van der Waals surface area contributed by atoms with E-state index in [0.29, 0.717) is 0 Å². The third-order valence-corrected chi connectivity index (χ3v) is 7.41. The van der Waals surface area contributed by atoms with Gasteiger partial charge >= 0.3 is 0 Å². The van der Waals surface area contributed by atoms with Gasteiger partial charge in [0.2, 0.25) is 5.91 Å². The summed E-state index contributed by atoms with van der Waals surface area (Å²) in [6.07, 6.45) is 12.0. The Labute approximate surface area is 196 Å². The third-order valence-electron chi connectivity index (χ3n) is 7.41. The number of rotatable bonds is 8. The van der Waals surface area contributed by atoms with Crippen molar-refractivity contribution in [2.75, 3.05) is 33.9 Å². The summed E-state index contributed by atoms with van der Waals surface area (Å²) in [6.45, 7) is 6.57. The zero-order chi connectivity index (χ0) is 23.3. The van der Waals surface area contributed by atoms with Gasteiger partial charge in [-0.25, -0.2) is 0 Å². The average molecular weight is 451 g/mol. The minimum atomic E-state index is -0.339. The van der Waals surface area contributed by atoms with Crippen molar-refractivity contribution in [1.29, 1.82) is 0 Å². The summed E-state index contributed by atoms with van der Waals surface area (Å²) >= 11 is 0. The molecule has 0 radical (unpaired) electrons. The highest BCUT2D eigenvalue weighted by Crippen LogP contribution is 2.53. The van der Waals surface area contributed by atoms with Crippen LogP contribution in [0, 0.1) is 0 Å². The molecular weight excluding hydrogens is 416 g/mol. The van der Waals surface area contributed by atoms with Crippen LogP contribution in [0.3, 0.4) is 0 Å². The van der Waals surface area contributed by atoms with E-state index in [0.717, 1.165) is 56.6 Å². The van der Waals surface area contributed by atoms with Crippen molar-refractivity contribution < 1.29 is 18.7 Å². The lowest BCUT2D eigenvalue weighted by Crippen LogP contribution is -2.67. The van der Waals surface area contributed by atoms with Crippen LogP contribution in [0.2, 0.25) is 0 Å². The average Bonchev–Trinajstić information content (AvgIpc) is 3.37. The molecule has 2 aliphatic rings. The molecule has 1 aromatic carbocycles. The second-order valence-electron chi connectivity index (χ2n) is 9.12. The van der Waals surface area contributed by atoms with Crippen molar-refractivity contribution in [3.05, 3.63) is 72.7 Å². The SMILES string of the molecule is C=CCN1CC[C@@]2(c3cccc(OC)c3)C[C@@H](NC(=O)C=Cc3ccoc3)CC[C@]2(OC)C1. The summed E-state index contributed by atoms with van der Waals surface area (Å²) in [5, 5.41) is 3.24. The van der Waals surface area contributed by atoms with Crippen LogP contribution < -0.4 is 10.1 Å². The van der Waals surface area contributed by atoms with E-state index >= 15 is 0 Å². The number of ether oxygens (including phenoxy) is 2. The first-order valence-corrected chi connectivity index (χ1v) is 11.6. The van der Waals surface area contributed by atoms with Crippen LogP contribution in [0.5, 0.6) is 5.75 Å². The first-order chi connectivity index (χ1) is 16.0. The van der Waals surface area contributed by atoms with E-state index in [1.807, 2.05) is 25.3 Å². The van der Waals surface area contributed by atoms with Gasteiger partial charge in [0.05, 0.1) is 25.2 Å². The van der Waals surface area contributed by atoms with Gasteiger partial charge in [0, 0.05) is 43.3 Å². The van der Waals surface area contributed by atoms with E-state index < -0.39 is 0 Å². The number of nitrogens with one attached hydrogen (secondary N) is 1. The Morgan fingerprint density at radius 3 is 2.94 bits per heavy atom. The van der Waals surface area contributed by atoms with Crippen LogP contribution in [0.4, 0.5) is 0 Å². The Bertz CT molecular complexity index is 986. The molecule has 2 aromatic rings. The monoisotopic (exact) mass is 450 g/mol. The minimum absolute atomic E-state index is 0.0620. The second-order valence-corrected chi connectivity index (χ2v) is 9.12. The fraction of sp³-hybridized carbons (Fsp3) is 0.444. The molecular formula is C27H34N2O4. The van der Waals surface area contributed by atoms with Gasteiger partial charge in [-0.05, 0) is 62.1 Å². The number of fused-ring (bicyclic) bond motifs is 1. The van der Waals surface area contributed by atoms with Crippen LogP contribution in [0.15, 0.2) is 66.0 Å². The highest BCUT2D eigenvalue weighted by molar-refractivity contribution is 5.91. The van der Waals surface area contributed by atoms with Gasteiger partial charge < -0.3 is 19.2 Å². The summed E-state index contributed by atoms with van der Waals surface area (Å²) in [5.74, 6) is 0.755. The van der Waals surface area contributed by atoms with E-state index in [-0.39, 0.29) is 23.0 Å². The summed E-state index contributed by atoms with van der Waals surface area (Å²) in [7, 11) is 3.53. The molecule has 33 heavy (non-hydrogen) atoms. The largest absolute Gasteiger partial charge is 0.497 e. The highest BCUT2D eigenvalue weighted by Gasteiger charge is 2.58. The molecule has 0 spiro atoms. The van der Waals surface area contributed by atoms with E-state index in [9.17, 15) is 4.79 Å². The van der Waals surface area contributed by atoms with Crippen molar-refractivity contribution >= 4 is 12.0 Å². The number of likely N-dealkylation sites (tertiary alicyclic amines) is 1. The molecule has 4 rings (SSSR count). The summed E-state index contributed by atoms with van der Waals surface area (Å²) < 4.78 is 17.0. The van der Waals surface area contributed by atoms with E-state index in [1.165, 1.54) is 5.56 Å². The lowest BCUT2D eigenvalue weighted by atomic mass is 9.55. The number of hydrogen-bond donors (Lipinski definition) is 1. The minimum Gasteiger partial charge on any atom is -0.497 e. The van der Waals surface area contributed by atoms with Gasteiger partial charge in [-0.15, -0.1) is 6.58 Å². The number of furan rings is 1. The van der Waals surface area contributed by atoms with Gasteiger partial charge in [-0.2, -0.15) is 0 Å². The normalized spacial score (nSPS) is 27.8. The van der Waals surface area contributed by atoms with Crippen molar-refractivity contribution in [3.63, 3.8) is 0 Å². The number of carbonyl (C=O) groups excluding carboxylic acids is 1. The maximum Gasteiger partial charge on any atom is 0.244 e. The lowest BCUT2D eigenvalue weighted by molar-refractivity contribution is -0.148. The fourth-order valence-electron chi connectivity index (χ4n) is 5.77. The summed E-state index contributed by atoms with van der Waals surface area (Å²) in [4.78, 5) is 15.1. The van der Waals surface area contributed by atoms with Gasteiger partial charge in [0.25, 0.3) is 0 Å². The maximum atomic E-state index is 12.7. The van der Waals surface area contributed by atoms with Crippen LogP contribution in [0.1, 0.15) is 36.8 Å². The molecule has 1 aliphatic carbocycles. The number of amides is 1. The van der Waals surface area contributed by atoms with Crippen molar-refractivity contribution in [2.45, 2.75) is 42.7 Å². The Morgan fingerprint density at radius 2 is 2.21 bits per heavy atom. The molecule has 3 atom stereocenters. The first-order valence-electron chi connectivity index (χ1n) is 11.6. The molecule has 1 saturated heterocycles. The molecule has 176 valence electrons. The predicted octanol–water partition coefficient (Wildman–Crippen LogP) is 4.19. The maximum absolute atomic E-state index is 12.7. The Balaban J connectivity index is 1.62. The van der Waals surface area contributed by atoms with Crippen LogP contribution >= 0.6 is 0 Å². The van der Waals surface area contributed by atoms with E-state index in [1.54, 1.807) is 31.8 Å². The summed E-state index contributed by atoms with van der Waals surface area (Å²) in [6, 6.07) is 10.2. The molecule has 1 aromatic heterocycles. The van der Waals surface area contributed by atoms with Crippen molar-refractivity contribution in [2.24, 2.45) is 0 Å². The smallest absolute Gasteiger partial charge is 0.244 e. The lowest BCUT2D eigenvalue weighted by Gasteiger charge is -2.59. The van der Waals surface area contributed by atoms with Crippen molar-refractivity contribution in [3.8, 4) is 5.75 Å². The van der Waals surface area contributed by atoms with Gasteiger partial charge in [-0.3, -0.25) is 9.69 Å². The molecule has 2 heterocycles. The number of methoxy groups -OCH3 is 2. The molecule has 1 N–H and O–H groups in total. The molecule has 0 unspecified atom stereocenters. The topological polar surface area (TPSA) is 63.9 Å². The van der Waals surface area contributed by atoms with Crippen LogP contribution in [-0.2, 0) is 14.9 Å². The van der Waals surface area contributed by atoms with Gasteiger partial charge in [0.1, 0.15) is 5.75 Å². The number of piperidine rings is 1. The van der Waals surface area contributed by atoms with E-state index in [4.69, 9.17) is 13.9 Å². The Morgan fingerprint density at radius 1 is 1.33 bits per heavy atom. The highest BCUT2D eigenvalue weighted by atomic mass is 16.5. The molecule has 1 saturated carbocycles. The quantitative estimate of drug-likeness (QED) is 0.483. The number of nitrogens with zero attached hydrogens (tertiary/aromatic N) is 1. The number of carbonyl (C=O) groups is 1. The third kappa shape index (κ3) is 4.63. The summed E-state index contributed by atoms with van der Waals surface area (Å²) in [5.41, 5.74) is 1.52. The standard InChI is InChI=1S/C27H34N2O4/c1-4-14-29-15-13-26(22-6-5-7-24(17-22)31-2)18-23(10-12-27(26,20-29)32-3)28-25(30)9-8-21-11-16-33-19-21/h4-9,11,16-17,19,23H,1,10,12-15,18,20H2,2-3H3,(H,28,30)/t23-,26-,27-/m0/s1. The second kappa shape index (κ2) is 9.98. The Kier molecular flexibility index (Phi) is 7.05. The molecule has 2 fully saturated rings. The van der Waals surface area contributed by atoms with Gasteiger partial charge in [-0.1, -0.05) is 18.2 Å². The molecule has 1 aliphatic heterocycles.